The molecule has 0 atom stereocenters. The molecule has 0 bridgehead atoms. The van der Waals surface area contributed by atoms with Crippen LogP contribution < -0.4 is 15.0 Å². The van der Waals surface area contributed by atoms with Crippen molar-refractivity contribution in [1.82, 2.24) is 4.57 Å². The number of pyridine rings is 1. The Morgan fingerprint density at radius 2 is 1.46 bits per heavy atom. The van der Waals surface area contributed by atoms with Crippen LogP contribution in [0.4, 0.5) is 0 Å². The first kappa shape index (κ1) is 14.6. The van der Waals surface area contributed by atoms with E-state index < -0.39 is 0 Å². The summed E-state index contributed by atoms with van der Waals surface area (Å²) in [7, 11) is 4.98. The maximum atomic E-state index is 12.9. The molecule has 0 saturated heterocycles. The molecule has 0 N–H and O–H groups in total. The van der Waals surface area contributed by atoms with Crippen LogP contribution in [0.2, 0.25) is 0 Å². The second-order valence-corrected chi connectivity index (χ2v) is 5.80. The zero-order chi connectivity index (χ0) is 16.8. The average Bonchev–Trinajstić information content (AvgIpc) is 2.64. The van der Waals surface area contributed by atoms with E-state index in [1.54, 1.807) is 24.9 Å². The van der Waals surface area contributed by atoms with Gasteiger partial charge in [0.05, 0.1) is 25.1 Å². The Balaban J connectivity index is 2.30. The highest BCUT2D eigenvalue weighted by molar-refractivity contribution is 6.15. The molecule has 0 saturated carbocycles. The number of ether oxygens (including phenoxy) is 2. The summed E-state index contributed by atoms with van der Waals surface area (Å²) in [4.78, 5) is 12.9. The highest BCUT2D eigenvalue weighted by atomic mass is 16.5. The second kappa shape index (κ2) is 5.27. The molecule has 24 heavy (non-hydrogen) atoms. The number of hydrogen-bond donors (Lipinski definition) is 0. The number of aryl methyl sites for hydroxylation is 1. The molecule has 0 unspecified atom stereocenters. The molecule has 0 spiro atoms. The molecule has 4 rings (SSSR count). The Kier molecular flexibility index (Phi) is 3.20. The zero-order valence-corrected chi connectivity index (χ0v) is 13.8. The number of nitrogens with zero attached hydrogens (tertiary/aromatic N) is 1. The van der Waals surface area contributed by atoms with E-state index in [1.807, 2.05) is 31.3 Å². The molecule has 0 aliphatic carbocycles. The number of hydrogen-bond acceptors (Lipinski definition) is 3. The smallest absolute Gasteiger partial charge is 0.258 e. The van der Waals surface area contributed by atoms with Crippen molar-refractivity contribution in [1.29, 1.82) is 0 Å². The quantitative estimate of drug-likeness (QED) is 0.527. The Morgan fingerprint density at radius 3 is 2.17 bits per heavy atom. The minimum Gasteiger partial charge on any atom is -0.493 e. The molecule has 4 heteroatoms. The van der Waals surface area contributed by atoms with E-state index in [-0.39, 0.29) is 5.56 Å². The fraction of sp³-hybridized carbons (Fsp3) is 0.150. The molecule has 0 aliphatic heterocycles. The van der Waals surface area contributed by atoms with Crippen molar-refractivity contribution in [3.8, 4) is 11.5 Å². The second-order valence-electron chi connectivity index (χ2n) is 5.80. The molecule has 4 nitrogen and oxygen atoms in total. The largest absolute Gasteiger partial charge is 0.493 e. The molecule has 0 aliphatic rings. The van der Waals surface area contributed by atoms with Gasteiger partial charge in [-0.3, -0.25) is 4.79 Å². The summed E-state index contributed by atoms with van der Waals surface area (Å²) in [5, 5.41) is 4.69. The van der Waals surface area contributed by atoms with Gasteiger partial charge in [0, 0.05) is 23.2 Å². The van der Waals surface area contributed by atoms with Gasteiger partial charge in [0.1, 0.15) is 0 Å². The molecule has 120 valence electrons. The van der Waals surface area contributed by atoms with Crippen molar-refractivity contribution in [2.75, 3.05) is 14.2 Å². The molecule has 4 aromatic rings. The standard InChI is InChI=1S/C20H17NO3/c1-21-19-13-7-5-4-6-12(13)8-9-14(19)15-10-17(23-2)18(24-3)11-16(15)20(21)22/h4-11H,1-3H3. The van der Waals surface area contributed by atoms with Gasteiger partial charge in [-0.15, -0.1) is 0 Å². The Bertz CT molecular complexity index is 1160. The van der Waals surface area contributed by atoms with E-state index in [2.05, 4.69) is 18.2 Å². The first-order chi connectivity index (χ1) is 11.7. The van der Waals surface area contributed by atoms with Crippen LogP contribution in [-0.2, 0) is 7.05 Å². The maximum absolute atomic E-state index is 12.9. The van der Waals surface area contributed by atoms with Crippen LogP contribution >= 0.6 is 0 Å². The lowest BCUT2D eigenvalue weighted by atomic mass is 10.0. The highest BCUT2D eigenvalue weighted by Crippen LogP contribution is 2.35. The van der Waals surface area contributed by atoms with Crippen molar-refractivity contribution in [3.63, 3.8) is 0 Å². The summed E-state index contributed by atoms with van der Waals surface area (Å²) in [6, 6.07) is 15.9. The summed E-state index contributed by atoms with van der Waals surface area (Å²) in [5.41, 5.74) is 0.882. The molecule has 0 fully saturated rings. The SMILES string of the molecule is COc1cc2c(=O)n(C)c3c4ccccc4ccc3c2cc1OC. The fourth-order valence-corrected chi connectivity index (χ4v) is 3.39. The third kappa shape index (κ3) is 1.89. The molecule has 0 radical (unpaired) electrons. The van der Waals surface area contributed by atoms with Gasteiger partial charge in [-0.25, -0.2) is 0 Å². The Labute approximate surface area is 138 Å². The summed E-state index contributed by atoms with van der Waals surface area (Å²) < 4.78 is 12.5. The van der Waals surface area contributed by atoms with Crippen LogP contribution in [0.5, 0.6) is 11.5 Å². The van der Waals surface area contributed by atoms with E-state index in [0.717, 1.165) is 27.1 Å². The lowest BCUT2D eigenvalue weighted by Gasteiger charge is -2.14. The monoisotopic (exact) mass is 319 g/mol. The third-order valence-electron chi connectivity index (χ3n) is 4.58. The van der Waals surface area contributed by atoms with Gasteiger partial charge in [0.2, 0.25) is 0 Å². The van der Waals surface area contributed by atoms with Crippen molar-refractivity contribution in [3.05, 3.63) is 58.9 Å². The summed E-state index contributed by atoms with van der Waals surface area (Å²) >= 11 is 0. The lowest BCUT2D eigenvalue weighted by Crippen LogP contribution is -2.17. The lowest BCUT2D eigenvalue weighted by molar-refractivity contribution is 0.356. The number of fused-ring (bicyclic) bond motifs is 5. The molecule has 1 heterocycles. The van der Waals surface area contributed by atoms with Crippen LogP contribution in [0.15, 0.2) is 53.3 Å². The maximum Gasteiger partial charge on any atom is 0.258 e. The van der Waals surface area contributed by atoms with Crippen molar-refractivity contribution in [2.45, 2.75) is 0 Å². The average molecular weight is 319 g/mol. The van der Waals surface area contributed by atoms with Crippen LogP contribution in [0.1, 0.15) is 0 Å². The zero-order valence-electron chi connectivity index (χ0n) is 13.8. The first-order valence-electron chi connectivity index (χ1n) is 7.72. The van der Waals surface area contributed by atoms with E-state index in [4.69, 9.17) is 9.47 Å². The topological polar surface area (TPSA) is 40.5 Å². The summed E-state index contributed by atoms with van der Waals surface area (Å²) in [5.74, 6) is 1.18. The van der Waals surface area contributed by atoms with Gasteiger partial charge >= 0.3 is 0 Å². The van der Waals surface area contributed by atoms with Crippen LogP contribution in [0.25, 0.3) is 32.4 Å². The van der Waals surface area contributed by atoms with Crippen LogP contribution in [0, 0.1) is 0 Å². The van der Waals surface area contributed by atoms with Crippen molar-refractivity contribution < 1.29 is 9.47 Å². The van der Waals surface area contributed by atoms with E-state index >= 15 is 0 Å². The number of benzene rings is 3. The van der Waals surface area contributed by atoms with Gasteiger partial charge in [-0.2, -0.15) is 0 Å². The Hall–Kier alpha value is -3.01. The van der Waals surface area contributed by atoms with Gasteiger partial charge in [-0.1, -0.05) is 36.4 Å². The summed E-state index contributed by atoms with van der Waals surface area (Å²) in [6.45, 7) is 0. The minimum atomic E-state index is -0.0465. The third-order valence-corrected chi connectivity index (χ3v) is 4.58. The highest BCUT2D eigenvalue weighted by Gasteiger charge is 2.15. The molecular weight excluding hydrogens is 302 g/mol. The minimum absolute atomic E-state index is 0.0465. The van der Waals surface area contributed by atoms with Crippen molar-refractivity contribution in [2.24, 2.45) is 7.05 Å². The first-order valence-corrected chi connectivity index (χ1v) is 7.72. The van der Waals surface area contributed by atoms with Gasteiger partial charge < -0.3 is 14.0 Å². The predicted octanol–water partition coefficient (Wildman–Crippen LogP) is 3.86. The van der Waals surface area contributed by atoms with E-state index in [1.165, 1.54) is 0 Å². The van der Waals surface area contributed by atoms with E-state index in [9.17, 15) is 4.79 Å². The number of aromatic nitrogens is 1. The fourth-order valence-electron chi connectivity index (χ4n) is 3.39. The molecule has 3 aromatic carbocycles. The number of rotatable bonds is 2. The van der Waals surface area contributed by atoms with Gasteiger partial charge in [0.25, 0.3) is 5.56 Å². The van der Waals surface area contributed by atoms with Crippen LogP contribution in [0.3, 0.4) is 0 Å². The Morgan fingerprint density at radius 1 is 0.792 bits per heavy atom. The summed E-state index contributed by atoms with van der Waals surface area (Å²) in [6.07, 6.45) is 0. The normalized spacial score (nSPS) is 11.3. The van der Waals surface area contributed by atoms with Gasteiger partial charge in [-0.05, 0) is 17.5 Å². The molecular formula is C20H17NO3. The van der Waals surface area contributed by atoms with Crippen LogP contribution in [-0.4, -0.2) is 18.8 Å². The molecule has 0 amide bonds. The molecule has 1 aromatic heterocycles. The predicted molar refractivity (Wildman–Crippen MR) is 97.3 cm³/mol. The number of methoxy groups -OCH3 is 2. The van der Waals surface area contributed by atoms with Crippen molar-refractivity contribution >= 4 is 32.4 Å². The van der Waals surface area contributed by atoms with E-state index in [0.29, 0.717) is 16.9 Å². The van der Waals surface area contributed by atoms with Gasteiger partial charge in [0.15, 0.2) is 11.5 Å².